The molecule has 0 spiro atoms. The molecule has 0 saturated carbocycles. The van der Waals surface area contributed by atoms with E-state index in [9.17, 15) is 15.0 Å². The summed E-state index contributed by atoms with van der Waals surface area (Å²) in [7, 11) is 0. The molecule has 2 N–H and O–H groups in total. The van der Waals surface area contributed by atoms with E-state index in [2.05, 4.69) is 24.3 Å². The van der Waals surface area contributed by atoms with Gasteiger partial charge in [-0.15, -0.1) is 0 Å². The first-order valence-electron chi connectivity index (χ1n) is 9.32. The highest BCUT2D eigenvalue weighted by molar-refractivity contribution is 5.78. The molecule has 1 saturated heterocycles. The fourth-order valence-electron chi connectivity index (χ4n) is 3.69. The fraction of sp³-hybridized carbons (Fsp3) is 0.409. The maximum absolute atomic E-state index is 13.0. The Kier molecular flexibility index (Phi) is 6.07. The molecule has 0 unspecified atom stereocenters. The van der Waals surface area contributed by atoms with Gasteiger partial charge < -0.3 is 15.1 Å². The molecule has 1 amide bonds. The topological polar surface area (TPSA) is 60.8 Å². The van der Waals surface area contributed by atoms with Gasteiger partial charge in [-0.1, -0.05) is 60.7 Å². The lowest BCUT2D eigenvalue weighted by Gasteiger charge is -2.26. The summed E-state index contributed by atoms with van der Waals surface area (Å²) in [5.74, 6) is 0.120. The van der Waals surface area contributed by atoms with Gasteiger partial charge >= 0.3 is 0 Å². The molecule has 2 aromatic rings. The van der Waals surface area contributed by atoms with Crippen molar-refractivity contribution < 1.29 is 15.0 Å². The van der Waals surface area contributed by atoms with Crippen molar-refractivity contribution in [1.29, 1.82) is 0 Å². The smallest absolute Gasteiger partial charge is 0.223 e. The first kappa shape index (κ1) is 18.6. The highest BCUT2D eigenvalue weighted by Crippen LogP contribution is 2.29. The van der Waals surface area contributed by atoms with Crippen LogP contribution in [0.5, 0.6) is 0 Å². The average molecular weight is 353 g/mol. The van der Waals surface area contributed by atoms with Gasteiger partial charge in [-0.05, 0) is 30.4 Å². The quantitative estimate of drug-likeness (QED) is 0.869. The van der Waals surface area contributed by atoms with Crippen LogP contribution in [0.4, 0.5) is 0 Å². The number of carbonyl (C=O) groups is 1. The van der Waals surface area contributed by atoms with Crippen molar-refractivity contribution >= 4 is 5.91 Å². The summed E-state index contributed by atoms with van der Waals surface area (Å²) in [5.41, 5.74) is 1.22. The van der Waals surface area contributed by atoms with Crippen LogP contribution in [0.2, 0.25) is 0 Å². The molecule has 1 aliphatic heterocycles. The van der Waals surface area contributed by atoms with Gasteiger partial charge in [0, 0.05) is 25.4 Å². The van der Waals surface area contributed by atoms with Crippen molar-refractivity contribution in [1.82, 2.24) is 4.90 Å². The Bertz CT molecular complexity index is 664. The van der Waals surface area contributed by atoms with Gasteiger partial charge in [-0.25, -0.2) is 0 Å². The molecular formula is C22H27NO3. The molecule has 3 rings (SSSR count). The standard InChI is InChI=1S/C22H27NO3/c24-17-22(26)12-7-14-23(15-13-22)21(25)16-20(18-8-3-1-4-9-18)19-10-5-2-6-11-19/h1-6,8-11,20,24,26H,7,12-17H2/t22-/m0/s1. The number of carbonyl (C=O) groups excluding carboxylic acids is 1. The van der Waals surface area contributed by atoms with Crippen LogP contribution in [-0.2, 0) is 4.79 Å². The molecule has 2 aromatic carbocycles. The van der Waals surface area contributed by atoms with Crippen molar-refractivity contribution in [3.63, 3.8) is 0 Å². The highest BCUT2D eigenvalue weighted by Gasteiger charge is 2.31. The second kappa shape index (κ2) is 8.47. The van der Waals surface area contributed by atoms with Crippen molar-refractivity contribution in [2.45, 2.75) is 37.2 Å². The Labute approximate surface area is 155 Å². The van der Waals surface area contributed by atoms with Crippen LogP contribution in [-0.4, -0.2) is 46.3 Å². The van der Waals surface area contributed by atoms with E-state index < -0.39 is 5.60 Å². The van der Waals surface area contributed by atoms with Crippen LogP contribution in [0.25, 0.3) is 0 Å². The summed E-state index contributed by atoms with van der Waals surface area (Å²) < 4.78 is 0. The molecule has 26 heavy (non-hydrogen) atoms. The molecule has 0 aromatic heterocycles. The number of rotatable bonds is 5. The van der Waals surface area contributed by atoms with E-state index in [4.69, 9.17) is 0 Å². The summed E-state index contributed by atoms with van der Waals surface area (Å²) in [6.07, 6.45) is 2.08. The molecule has 0 bridgehead atoms. The van der Waals surface area contributed by atoms with Crippen LogP contribution >= 0.6 is 0 Å². The predicted molar refractivity (Wildman–Crippen MR) is 102 cm³/mol. The summed E-state index contributed by atoms with van der Waals surface area (Å²) in [5, 5.41) is 19.7. The van der Waals surface area contributed by atoms with Gasteiger partial charge in [-0.3, -0.25) is 4.79 Å². The SMILES string of the molecule is O=C(CC(c1ccccc1)c1ccccc1)N1CCC[C@@](O)(CO)CC1. The molecule has 1 fully saturated rings. The Balaban J connectivity index is 1.76. The number of benzene rings is 2. The molecule has 4 heteroatoms. The Morgan fingerprint density at radius 1 is 0.962 bits per heavy atom. The van der Waals surface area contributed by atoms with E-state index in [0.717, 1.165) is 11.1 Å². The average Bonchev–Trinajstić information content (AvgIpc) is 2.90. The number of likely N-dealkylation sites (tertiary alicyclic amines) is 1. The third-order valence-electron chi connectivity index (χ3n) is 5.35. The summed E-state index contributed by atoms with van der Waals surface area (Å²) in [4.78, 5) is 14.8. The zero-order chi connectivity index (χ0) is 18.4. The first-order valence-corrected chi connectivity index (χ1v) is 9.32. The second-order valence-electron chi connectivity index (χ2n) is 7.19. The Morgan fingerprint density at radius 3 is 2.08 bits per heavy atom. The summed E-state index contributed by atoms with van der Waals surface area (Å²) in [6.45, 7) is 0.884. The van der Waals surface area contributed by atoms with Gasteiger partial charge in [0.2, 0.25) is 5.91 Å². The van der Waals surface area contributed by atoms with Gasteiger partial charge in [0.05, 0.1) is 12.2 Å². The van der Waals surface area contributed by atoms with E-state index in [1.54, 1.807) is 0 Å². The lowest BCUT2D eigenvalue weighted by atomic mass is 9.88. The second-order valence-corrected chi connectivity index (χ2v) is 7.19. The molecule has 1 heterocycles. The minimum Gasteiger partial charge on any atom is -0.393 e. The lowest BCUT2D eigenvalue weighted by molar-refractivity contribution is -0.131. The molecule has 0 aliphatic carbocycles. The predicted octanol–water partition coefficient (Wildman–Crippen LogP) is 2.94. The third-order valence-corrected chi connectivity index (χ3v) is 5.35. The number of hydrogen-bond acceptors (Lipinski definition) is 3. The molecule has 138 valence electrons. The Morgan fingerprint density at radius 2 is 1.54 bits per heavy atom. The third kappa shape index (κ3) is 4.51. The van der Waals surface area contributed by atoms with E-state index in [1.165, 1.54) is 0 Å². The largest absolute Gasteiger partial charge is 0.393 e. The number of aliphatic hydroxyl groups excluding tert-OH is 1. The molecule has 0 radical (unpaired) electrons. The van der Waals surface area contributed by atoms with Crippen molar-refractivity contribution in [3.8, 4) is 0 Å². The van der Waals surface area contributed by atoms with Crippen LogP contribution < -0.4 is 0 Å². The number of amides is 1. The van der Waals surface area contributed by atoms with Crippen molar-refractivity contribution in [2.75, 3.05) is 19.7 Å². The van der Waals surface area contributed by atoms with Crippen molar-refractivity contribution in [3.05, 3.63) is 71.8 Å². The zero-order valence-electron chi connectivity index (χ0n) is 15.1. The van der Waals surface area contributed by atoms with E-state index >= 15 is 0 Å². The maximum Gasteiger partial charge on any atom is 0.223 e. The van der Waals surface area contributed by atoms with Crippen LogP contribution in [0.3, 0.4) is 0 Å². The number of nitrogens with zero attached hydrogens (tertiary/aromatic N) is 1. The highest BCUT2D eigenvalue weighted by atomic mass is 16.3. The van der Waals surface area contributed by atoms with Gasteiger partial charge in [0.15, 0.2) is 0 Å². The number of aliphatic hydroxyl groups is 2. The van der Waals surface area contributed by atoms with Crippen molar-refractivity contribution in [2.24, 2.45) is 0 Å². The monoisotopic (exact) mass is 353 g/mol. The minimum absolute atomic E-state index is 0.0184. The van der Waals surface area contributed by atoms with Gasteiger partial charge in [-0.2, -0.15) is 0 Å². The molecule has 4 nitrogen and oxygen atoms in total. The first-order chi connectivity index (χ1) is 12.6. The van der Waals surface area contributed by atoms with E-state index in [-0.39, 0.29) is 18.4 Å². The lowest BCUT2D eigenvalue weighted by Crippen LogP contribution is -2.37. The normalized spacial score (nSPS) is 20.8. The van der Waals surface area contributed by atoms with Crippen LogP contribution in [0.15, 0.2) is 60.7 Å². The van der Waals surface area contributed by atoms with E-state index in [0.29, 0.717) is 38.8 Å². The van der Waals surface area contributed by atoms with Gasteiger partial charge in [0.1, 0.15) is 0 Å². The fourth-order valence-corrected chi connectivity index (χ4v) is 3.69. The Hall–Kier alpha value is -2.17. The maximum atomic E-state index is 13.0. The van der Waals surface area contributed by atoms with Crippen LogP contribution in [0.1, 0.15) is 42.7 Å². The molecule has 1 atom stereocenters. The minimum atomic E-state index is -1.05. The zero-order valence-corrected chi connectivity index (χ0v) is 15.1. The summed E-state index contributed by atoms with van der Waals surface area (Å²) >= 11 is 0. The summed E-state index contributed by atoms with van der Waals surface area (Å²) in [6, 6.07) is 20.2. The van der Waals surface area contributed by atoms with Gasteiger partial charge in [0.25, 0.3) is 0 Å². The van der Waals surface area contributed by atoms with Crippen LogP contribution in [0, 0.1) is 0 Å². The molecular weight excluding hydrogens is 326 g/mol. The molecule has 1 aliphatic rings. The van der Waals surface area contributed by atoms with E-state index in [1.807, 2.05) is 41.3 Å². The number of hydrogen-bond donors (Lipinski definition) is 2.